The molecular formula is C28H34FN3O6. The number of carbonyl (C=O) groups excluding carboxylic acids is 3. The Bertz CT molecular complexity index is 1090. The molecule has 0 bridgehead atoms. The smallest absolute Gasteiger partial charge is 0.408 e. The van der Waals surface area contributed by atoms with E-state index in [1.54, 1.807) is 19.1 Å². The number of rotatable bonds is 11. The second kappa shape index (κ2) is 14.8. The number of carbonyl (C=O) groups is 3. The van der Waals surface area contributed by atoms with E-state index in [9.17, 15) is 14.4 Å². The molecule has 1 heterocycles. The topological polar surface area (TPSA) is 106 Å². The maximum atomic E-state index is 15.5. The summed E-state index contributed by atoms with van der Waals surface area (Å²) in [5.41, 5.74) is 1.42. The van der Waals surface area contributed by atoms with E-state index in [0.29, 0.717) is 31.9 Å². The van der Waals surface area contributed by atoms with Gasteiger partial charge in [0.25, 0.3) is 0 Å². The molecule has 9 nitrogen and oxygen atoms in total. The van der Waals surface area contributed by atoms with Gasteiger partial charge >= 0.3 is 12.1 Å². The van der Waals surface area contributed by atoms with Gasteiger partial charge < -0.3 is 24.8 Å². The lowest BCUT2D eigenvalue weighted by Gasteiger charge is -2.26. The Balaban J connectivity index is 1.67. The van der Waals surface area contributed by atoms with Crippen LogP contribution in [-0.4, -0.2) is 69.4 Å². The number of hydrogen-bond acceptors (Lipinski definition) is 7. The van der Waals surface area contributed by atoms with E-state index in [4.69, 9.17) is 14.2 Å². The summed E-state index contributed by atoms with van der Waals surface area (Å²) in [6.07, 6.45) is 0.336. The minimum atomic E-state index is -1.23. The van der Waals surface area contributed by atoms with Gasteiger partial charge in [-0.2, -0.15) is 0 Å². The molecule has 0 spiro atoms. The Labute approximate surface area is 221 Å². The predicted octanol–water partition coefficient (Wildman–Crippen LogP) is 3.38. The zero-order valence-corrected chi connectivity index (χ0v) is 21.7. The lowest BCUT2D eigenvalue weighted by Crippen LogP contribution is -2.42. The van der Waals surface area contributed by atoms with Crippen LogP contribution in [0.5, 0.6) is 0 Å². The molecule has 1 aliphatic heterocycles. The van der Waals surface area contributed by atoms with Crippen molar-refractivity contribution in [2.45, 2.75) is 19.6 Å². The summed E-state index contributed by atoms with van der Waals surface area (Å²) in [6, 6.07) is 13.8. The SMILES string of the molecule is COC(=O)c1ccc(C(NC(=O)OCc2ccccc2)/C(F)=C/[C@@H](C)C(=O)NCCN2CCOCC2)cc1. The van der Waals surface area contributed by atoms with E-state index in [0.717, 1.165) is 18.7 Å². The van der Waals surface area contributed by atoms with Gasteiger partial charge in [-0.3, -0.25) is 9.69 Å². The second-order valence-electron chi connectivity index (χ2n) is 8.84. The van der Waals surface area contributed by atoms with Crippen molar-refractivity contribution < 1.29 is 33.0 Å². The van der Waals surface area contributed by atoms with Crippen LogP contribution < -0.4 is 10.6 Å². The second-order valence-corrected chi connectivity index (χ2v) is 8.84. The third kappa shape index (κ3) is 8.97. The van der Waals surface area contributed by atoms with Crippen LogP contribution in [-0.2, 0) is 25.6 Å². The van der Waals surface area contributed by atoms with Gasteiger partial charge in [-0.15, -0.1) is 0 Å². The molecule has 1 aliphatic rings. The van der Waals surface area contributed by atoms with Crippen molar-refractivity contribution in [2.75, 3.05) is 46.5 Å². The zero-order valence-electron chi connectivity index (χ0n) is 21.7. The van der Waals surface area contributed by atoms with Crippen molar-refractivity contribution in [3.8, 4) is 0 Å². The summed E-state index contributed by atoms with van der Waals surface area (Å²) in [5.74, 6) is -2.40. The van der Waals surface area contributed by atoms with E-state index in [2.05, 4.69) is 15.5 Å². The fourth-order valence-corrected chi connectivity index (χ4v) is 3.86. The van der Waals surface area contributed by atoms with Gasteiger partial charge in [-0.25, -0.2) is 14.0 Å². The van der Waals surface area contributed by atoms with Crippen molar-refractivity contribution in [1.29, 1.82) is 0 Å². The van der Waals surface area contributed by atoms with Gasteiger partial charge in [0, 0.05) is 26.2 Å². The quantitative estimate of drug-likeness (QED) is 0.432. The first-order valence-electron chi connectivity index (χ1n) is 12.5. The van der Waals surface area contributed by atoms with Gasteiger partial charge in [0.2, 0.25) is 5.91 Å². The molecule has 1 unspecified atom stereocenters. The van der Waals surface area contributed by atoms with Crippen LogP contribution in [0, 0.1) is 5.92 Å². The number of halogens is 1. The summed E-state index contributed by atoms with van der Waals surface area (Å²) in [4.78, 5) is 39.1. The Kier molecular flexibility index (Phi) is 11.3. The van der Waals surface area contributed by atoms with E-state index >= 15 is 4.39 Å². The number of nitrogens with zero attached hydrogens (tertiary/aromatic N) is 1. The number of hydrogen-bond donors (Lipinski definition) is 2. The van der Waals surface area contributed by atoms with E-state index < -0.39 is 29.8 Å². The highest BCUT2D eigenvalue weighted by Crippen LogP contribution is 2.25. The molecule has 1 fully saturated rings. The van der Waals surface area contributed by atoms with E-state index in [-0.39, 0.29) is 18.1 Å². The monoisotopic (exact) mass is 527 g/mol. The number of morpholine rings is 1. The van der Waals surface area contributed by atoms with E-state index in [1.165, 1.54) is 37.5 Å². The highest BCUT2D eigenvalue weighted by atomic mass is 19.1. The average molecular weight is 528 g/mol. The van der Waals surface area contributed by atoms with Gasteiger partial charge in [-0.1, -0.05) is 42.5 Å². The Morgan fingerprint density at radius 2 is 1.76 bits per heavy atom. The summed E-state index contributed by atoms with van der Waals surface area (Å²) >= 11 is 0. The highest BCUT2D eigenvalue weighted by molar-refractivity contribution is 5.89. The van der Waals surface area contributed by atoms with Gasteiger partial charge in [-0.05, 0) is 36.3 Å². The maximum Gasteiger partial charge on any atom is 0.408 e. The molecule has 204 valence electrons. The number of nitrogens with one attached hydrogen (secondary N) is 2. The molecule has 38 heavy (non-hydrogen) atoms. The number of alkyl carbamates (subject to hydrolysis) is 1. The van der Waals surface area contributed by atoms with Crippen LogP contribution in [0.3, 0.4) is 0 Å². The lowest BCUT2D eigenvalue weighted by molar-refractivity contribution is -0.123. The van der Waals surface area contributed by atoms with Crippen LogP contribution >= 0.6 is 0 Å². The predicted molar refractivity (Wildman–Crippen MR) is 139 cm³/mol. The van der Waals surface area contributed by atoms with Crippen molar-refractivity contribution in [3.05, 3.63) is 83.2 Å². The first-order chi connectivity index (χ1) is 18.4. The maximum absolute atomic E-state index is 15.5. The summed E-state index contributed by atoms with van der Waals surface area (Å²) in [7, 11) is 1.26. The molecule has 2 aromatic carbocycles. The third-order valence-corrected chi connectivity index (χ3v) is 6.07. The molecule has 0 saturated carbocycles. The fourth-order valence-electron chi connectivity index (χ4n) is 3.86. The number of amides is 2. The number of esters is 1. The summed E-state index contributed by atoms with van der Waals surface area (Å²) < 4.78 is 30.8. The molecular weight excluding hydrogens is 493 g/mol. The van der Waals surface area contributed by atoms with Gasteiger partial charge in [0.05, 0.1) is 31.8 Å². The molecule has 1 saturated heterocycles. The van der Waals surface area contributed by atoms with Crippen molar-refractivity contribution >= 4 is 18.0 Å². The number of methoxy groups -OCH3 is 1. The molecule has 2 aromatic rings. The minimum absolute atomic E-state index is 0.00789. The van der Waals surface area contributed by atoms with E-state index in [1.807, 2.05) is 18.2 Å². The molecule has 2 atom stereocenters. The normalized spacial score (nSPS) is 15.7. The molecule has 0 radical (unpaired) electrons. The Morgan fingerprint density at radius 1 is 1.08 bits per heavy atom. The molecule has 0 aromatic heterocycles. The van der Waals surface area contributed by atoms with Gasteiger partial charge in [0.1, 0.15) is 18.5 Å². The fraction of sp³-hybridized carbons (Fsp3) is 0.393. The standard InChI is InChI=1S/C28H34FN3O6/c1-20(26(33)30-12-13-32-14-16-37-17-15-32)18-24(29)25(22-8-10-23(11-9-22)27(34)36-2)31-28(35)38-19-21-6-4-3-5-7-21/h3-11,18,20,25H,12-17,19H2,1-2H3,(H,30,33)(H,31,35)/b24-18-/t20-,25?/m1/s1. The first-order valence-corrected chi connectivity index (χ1v) is 12.5. The number of ether oxygens (including phenoxy) is 3. The minimum Gasteiger partial charge on any atom is -0.465 e. The van der Waals surface area contributed by atoms with Crippen molar-refractivity contribution in [2.24, 2.45) is 5.92 Å². The number of benzene rings is 2. The molecule has 3 rings (SSSR count). The lowest BCUT2D eigenvalue weighted by atomic mass is 10.0. The molecule has 2 amide bonds. The van der Waals surface area contributed by atoms with Crippen LogP contribution in [0.25, 0.3) is 0 Å². The molecule has 10 heteroatoms. The highest BCUT2D eigenvalue weighted by Gasteiger charge is 2.23. The molecule has 2 N–H and O–H groups in total. The van der Waals surface area contributed by atoms with Gasteiger partial charge in [0.15, 0.2) is 0 Å². The summed E-state index contributed by atoms with van der Waals surface area (Å²) in [6.45, 7) is 5.65. The largest absolute Gasteiger partial charge is 0.465 e. The van der Waals surface area contributed by atoms with Crippen LogP contribution in [0.1, 0.15) is 34.5 Å². The molecule has 0 aliphatic carbocycles. The Hall–Kier alpha value is -3.76. The van der Waals surface area contributed by atoms with Crippen molar-refractivity contribution in [3.63, 3.8) is 0 Å². The summed E-state index contributed by atoms with van der Waals surface area (Å²) in [5, 5.41) is 5.35. The first kappa shape index (κ1) is 28.8. The third-order valence-electron chi connectivity index (χ3n) is 6.07. The van der Waals surface area contributed by atoms with Crippen LogP contribution in [0.2, 0.25) is 0 Å². The average Bonchev–Trinajstić information content (AvgIpc) is 2.95. The Morgan fingerprint density at radius 3 is 2.42 bits per heavy atom. The van der Waals surface area contributed by atoms with Crippen molar-refractivity contribution in [1.82, 2.24) is 15.5 Å². The van der Waals surface area contributed by atoms with Crippen LogP contribution in [0.4, 0.5) is 9.18 Å². The zero-order chi connectivity index (χ0) is 27.3. The van der Waals surface area contributed by atoms with Crippen LogP contribution in [0.15, 0.2) is 66.5 Å².